The van der Waals surface area contributed by atoms with Gasteiger partial charge in [0.05, 0.1) is 7.11 Å². The summed E-state index contributed by atoms with van der Waals surface area (Å²) in [7, 11) is 1.64. The predicted octanol–water partition coefficient (Wildman–Crippen LogP) is 3.75. The highest BCUT2D eigenvalue weighted by atomic mass is 16.5. The second-order valence-electron chi connectivity index (χ2n) is 6.36. The maximum atomic E-state index is 12.7. The molecule has 1 saturated heterocycles. The number of aromatic nitrogens is 1. The van der Waals surface area contributed by atoms with Gasteiger partial charge in [-0.15, -0.1) is 0 Å². The molecular weight excluding hydrogens is 300 g/mol. The van der Waals surface area contributed by atoms with Crippen LogP contribution in [0, 0.1) is 5.92 Å². The van der Waals surface area contributed by atoms with E-state index in [9.17, 15) is 4.79 Å². The van der Waals surface area contributed by atoms with Crippen LogP contribution in [-0.4, -0.2) is 35.9 Å². The predicted molar refractivity (Wildman–Crippen MR) is 94.3 cm³/mol. The molecule has 1 unspecified atom stereocenters. The molecule has 126 valence electrons. The summed E-state index contributed by atoms with van der Waals surface area (Å²) in [5.74, 6) is 1.17. The van der Waals surface area contributed by atoms with Crippen molar-refractivity contribution >= 4 is 5.78 Å². The minimum absolute atomic E-state index is 0.124. The lowest BCUT2D eigenvalue weighted by atomic mass is 9.88. The first-order chi connectivity index (χ1) is 11.7. The molecule has 2 heterocycles. The Bertz CT molecular complexity index is 662. The minimum Gasteiger partial charge on any atom is -0.497 e. The van der Waals surface area contributed by atoms with E-state index in [2.05, 4.69) is 28.9 Å². The normalized spacial score (nSPS) is 17.4. The van der Waals surface area contributed by atoms with Crippen molar-refractivity contribution in [1.82, 2.24) is 9.88 Å². The van der Waals surface area contributed by atoms with Crippen molar-refractivity contribution in [3.8, 4) is 5.75 Å². The lowest BCUT2D eigenvalue weighted by molar-refractivity contribution is 0.0801. The number of ketones is 1. The average molecular weight is 324 g/mol. The minimum atomic E-state index is 0.124. The van der Waals surface area contributed by atoms with E-state index >= 15 is 0 Å². The molecule has 0 saturated carbocycles. The molecule has 1 aliphatic heterocycles. The van der Waals surface area contributed by atoms with Crippen LogP contribution in [0.3, 0.4) is 0 Å². The molecule has 24 heavy (non-hydrogen) atoms. The molecule has 1 aromatic heterocycles. The van der Waals surface area contributed by atoms with Gasteiger partial charge in [-0.25, -0.2) is 0 Å². The number of carbonyl (C=O) groups is 1. The number of nitrogens with zero attached hydrogens (tertiary/aromatic N) is 2. The highest BCUT2D eigenvalue weighted by Gasteiger charge is 2.28. The Kier molecular flexibility index (Phi) is 5.26. The third kappa shape index (κ3) is 3.65. The summed E-state index contributed by atoms with van der Waals surface area (Å²) in [6, 6.07) is 11.9. The van der Waals surface area contributed by atoms with Crippen LogP contribution < -0.4 is 4.74 Å². The van der Waals surface area contributed by atoms with Gasteiger partial charge in [-0.3, -0.25) is 14.7 Å². The Morgan fingerprint density at radius 1 is 1.12 bits per heavy atom. The number of ether oxygens (including phenoxy) is 1. The van der Waals surface area contributed by atoms with Crippen LogP contribution in [0.25, 0.3) is 0 Å². The van der Waals surface area contributed by atoms with Crippen LogP contribution in [0.1, 0.15) is 41.7 Å². The molecule has 0 radical (unpaired) electrons. The molecule has 3 rings (SSSR count). The number of hydrogen-bond donors (Lipinski definition) is 0. The number of rotatable bonds is 5. The van der Waals surface area contributed by atoms with Crippen molar-refractivity contribution in [3.63, 3.8) is 0 Å². The van der Waals surface area contributed by atoms with E-state index in [1.807, 2.05) is 36.7 Å². The zero-order chi connectivity index (χ0) is 16.9. The fourth-order valence-electron chi connectivity index (χ4n) is 3.39. The lowest BCUT2D eigenvalue weighted by Gasteiger charge is -2.35. The topological polar surface area (TPSA) is 42.4 Å². The van der Waals surface area contributed by atoms with Gasteiger partial charge in [0.15, 0.2) is 5.78 Å². The summed E-state index contributed by atoms with van der Waals surface area (Å²) >= 11 is 0. The maximum Gasteiger partial charge on any atom is 0.166 e. The summed E-state index contributed by atoms with van der Waals surface area (Å²) in [4.78, 5) is 19.2. The molecule has 0 bridgehead atoms. The molecule has 4 heteroatoms. The molecule has 0 amide bonds. The maximum absolute atomic E-state index is 12.7. The Hall–Kier alpha value is -2.20. The lowest BCUT2D eigenvalue weighted by Crippen LogP contribution is -2.37. The molecule has 2 aromatic rings. The van der Waals surface area contributed by atoms with Crippen LogP contribution in [0.5, 0.6) is 5.75 Å². The highest BCUT2D eigenvalue weighted by molar-refractivity contribution is 5.98. The zero-order valence-electron chi connectivity index (χ0n) is 14.3. The van der Waals surface area contributed by atoms with Crippen LogP contribution in [0.15, 0.2) is 48.8 Å². The smallest absolute Gasteiger partial charge is 0.166 e. The van der Waals surface area contributed by atoms with E-state index in [0.717, 1.165) is 37.2 Å². The quantitative estimate of drug-likeness (QED) is 0.786. The molecular formula is C20H24N2O2. The van der Waals surface area contributed by atoms with E-state index in [1.54, 1.807) is 7.11 Å². The van der Waals surface area contributed by atoms with E-state index in [-0.39, 0.29) is 11.7 Å². The fourth-order valence-corrected chi connectivity index (χ4v) is 3.39. The molecule has 1 fully saturated rings. The van der Waals surface area contributed by atoms with E-state index in [4.69, 9.17) is 4.74 Å². The standard InChI is InChI=1S/C20H24N2O2/c1-15(16-7-11-21-12-8-16)22-13-9-18(10-14-22)20(23)17-3-5-19(24-2)6-4-17/h3-8,11-12,15,18H,9-10,13-14H2,1-2H3. The van der Waals surface area contributed by atoms with Crippen LogP contribution in [0.4, 0.5) is 0 Å². The summed E-state index contributed by atoms with van der Waals surface area (Å²) in [5, 5.41) is 0. The Labute approximate surface area is 143 Å². The van der Waals surface area contributed by atoms with Crippen molar-refractivity contribution < 1.29 is 9.53 Å². The van der Waals surface area contributed by atoms with E-state index in [1.165, 1.54) is 5.56 Å². The number of methoxy groups -OCH3 is 1. The van der Waals surface area contributed by atoms with Crippen molar-refractivity contribution in [3.05, 3.63) is 59.9 Å². The first kappa shape index (κ1) is 16.7. The number of hydrogen-bond acceptors (Lipinski definition) is 4. The summed E-state index contributed by atoms with van der Waals surface area (Å²) in [6.07, 6.45) is 5.51. The van der Waals surface area contributed by atoms with Gasteiger partial charge in [-0.2, -0.15) is 0 Å². The number of likely N-dealkylation sites (tertiary alicyclic amines) is 1. The summed E-state index contributed by atoms with van der Waals surface area (Å²) in [5.41, 5.74) is 2.07. The second kappa shape index (κ2) is 7.58. The number of pyridine rings is 1. The number of carbonyl (C=O) groups excluding carboxylic acids is 1. The third-order valence-corrected chi connectivity index (χ3v) is 5.01. The largest absolute Gasteiger partial charge is 0.497 e. The summed E-state index contributed by atoms with van der Waals surface area (Å²) in [6.45, 7) is 4.13. The van der Waals surface area contributed by atoms with E-state index in [0.29, 0.717) is 6.04 Å². The van der Waals surface area contributed by atoms with Gasteiger partial charge in [0.2, 0.25) is 0 Å². The van der Waals surface area contributed by atoms with Gasteiger partial charge in [0, 0.05) is 29.9 Å². The molecule has 1 aliphatic rings. The van der Waals surface area contributed by atoms with Gasteiger partial charge in [0.1, 0.15) is 5.75 Å². The van der Waals surface area contributed by atoms with Crippen molar-refractivity contribution in [2.45, 2.75) is 25.8 Å². The fraction of sp³-hybridized carbons (Fsp3) is 0.400. The first-order valence-corrected chi connectivity index (χ1v) is 8.51. The van der Waals surface area contributed by atoms with Crippen molar-refractivity contribution in [2.75, 3.05) is 20.2 Å². The molecule has 0 aliphatic carbocycles. The molecule has 0 N–H and O–H groups in total. The molecule has 1 aromatic carbocycles. The van der Waals surface area contributed by atoms with Crippen molar-refractivity contribution in [2.24, 2.45) is 5.92 Å². The number of piperidine rings is 1. The van der Waals surface area contributed by atoms with Crippen LogP contribution in [0.2, 0.25) is 0 Å². The monoisotopic (exact) mass is 324 g/mol. The van der Waals surface area contributed by atoms with Crippen molar-refractivity contribution in [1.29, 1.82) is 0 Å². The number of benzene rings is 1. The molecule has 4 nitrogen and oxygen atoms in total. The van der Waals surface area contributed by atoms with Gasteiger partial charge >= 0.3 is 0 Å². The Balaban J connectivity index is 1.59. The molecule has 1 atom stereocenters. The summed E-state index contributed by atoms with van der Waals surface area (Å²) < 4.78 is 5.15. The van der Waals surface area contributed by atoms with Gasteiger partial charge < -0.3 is 4.74 Å². The molecule has 0 spiro atoms. The third-order valence-electron chi connectivity index (χ3n) is 5.01. The van der Waals surface area contributed by atoms with E-state index < -0.39 is 0 Å². The van der Waals surface area contributed by atoms with Gasteiger partial charge in [0.25, 0.3) is 0 Å². The van der Waals surface area contributed by atoms with Crippen LogP contribution in [-0.2, 0) is 0 Å². The Morgan fingerprint density at radius 2 is 1.75 bits per heavy atom. The first-order valence-electron chi connectivity index (χ1n) is 8.51. The second-order valence-corrected chi connectivity index (χ2v) is 6.36. The average Bonchev–Trinajstić information content (AvgIpc) is 2.68. The van der Waals surface area contributed by atoms with Crippen LogP contribution >= 0.6 is 0 Å². The highest BCUT2D eigenvalue weighted by Crippen LogP contribution is 2.28. The number of Topliss-reactive ketones (excluding diaryl/α,β-unsaturated/α-hetero) is 1. The van der Waals surface area contributed by atoms with Gasteiger partial charge in [-0.1, -0.05) is 0 Å². The zero-order valence-corrected chi connectivity index (χ0v) is 14.3. The van der Waals surface area contributed by atoms with Gasteiger partial charge in [-0.05, 0) is 74.8 Å². The SMILES string of the molecule is COc1ccc(C(=O)C2CCN(C(C)c3ccncc3)CC2)cc1. The Morgan fingerprint density at radius 3 is 2.33 bits per heavy atom.